The molecule has 0 aromatic heterocycles. The second-order valence-electron chi connectivity index (χ2n) is 3.25. The maximum absolute atomic E-state index is 5.43. The van der Waals surface area contributed by atoms with Crippen LogP contribution in [0.15, 0.2) is 0 Å². The predicted molar refractivity (Wildman–Crippen MR) is 77.4 cm³/mol. The fourth-order valence-electron chi connectivity index (χ4n) is 1.57. The van der Waals surface area contributed by atoms with Crippen LogP contribution >= 0.6 is 54.2 Å². The van der Waals surface area contributed by atoms with Gasteiger partial charge in [0.15, 0.2) is 12.4 Å². The Morgan fingerprint density at radius 2 is 1.53 bits per heavy atom. The molecule has 1 rings (SSSR count). The van der Waals surface area contributed by atoms with Crippen molar-refractivity contribution in [1.29, 1.82) is 0 Å². The Morgan fingerprint density at radius 3 is 1.94 bits per heavy atom. The molecule has 0 amide bonds. The molecular weight excluding hydrogens is 325 g/mol. The highest BCUT2D eigenvalue weighted by Crippen LogP contribution is 2.30. The van der Waals surface area contributed by atoms with E-state index in [-0.39, 0.29) is 12.7 Å². The molecule has 0 bridgehead atoms. The lowest BCUT2D eigenvalue weighted by molar-refractivity contribution is -0.137. The molecule has 11 heteroatoms. The SMILES string of the molecule is PO[C@@H]1[C@@H](OS)[C@@H](OS)OC[C@H](OP)[C@H]1OP. The van der Waals surface area contributed by atoms with Crippen LogP contribution in [0.25, 0.3) is 0 Å². The van der Waals surface area contributed by atoms with Crippen LogP contribution in [-0.4, -0.2) is 37.3 Å². The van der Waals surface area contributed by atoms with Gasteiger partial charge in [0.05, 0.1) is 6.61 Å². The summed E-state index contributed by atoms with van der Waals surface area (Å²) in [4.78, 5) is 0. The van der Waals surface area contributed by atoms with Crippen molar-refractivity contribution in [2.45, 2.75) is 30.7 Å². The Labute approximate surface area is 118 Å². The highest BCUT2D eigenvalue weighted by atomic mass is 32.1. The van der Waals surface area contributed by atoms with E-state index in [1.165, 1.54) is 0 Å². The number of ether oxygens (including phenoxy) is 1. The van der Waals surface area contributed by atoms with Crippen LogP contribution in [0.4, 0.5) is 0 Å². The van der Waals surface area contributed by atoms with Crippen molar-refractivity contribution in [2.75, 3.05) is 6.61 Å². The second-order valence-corrected chi connectivity index (χ2v) is 4.49. The van der Waals surface area contributed by atoms with Crippen LogP contribution in [0.5, 0.6) is 0 Å². The molecule has 1 saturated heterocycles. The van der Waals surface area contributed by atoms with Gasteiger partial charge in [-0.1, -0.05) is 0 Å². The summed E-state index contributed by atoms with van der Waals surface area (Å²) in [5.74, 6) is 0. The van der Waals surface area contributed by atoms with Crippen LogP contribution < -0.4 is 0 Å². The first-order valence-electron chi connectivity index (χ1n) is 4.52. The van der Waals surface area contributed by atoms with Crippen LogP contribution in [0.1, 0.15) is 0 Å². The van der Waals surface area contributed by atoms with Gasteiger partial charge in [-0.25, -0.2) is 0 Å². The van der Waals surface area contributed by atoms with E-state index < -0.39 is 24.6 Å². The zero-order valence-electron chi connectivity index (χ0n) is 8.67. The van der Waals surface area contributed by atoms with Gasteiger partial charge in [0, 0.05) is 28.4 Å². The summed E-state index contributed by atoms with van der Waals surface area (Å²) >= 11 is 7.51. The molecule has 8 atom stereocenters. The Morgan fingerprint density at radius 1 is 0.882 bits per heavy atom. The maximum Gasteiger partial charge on any atom is 0.200 e. The average molecular weight is 340 g/mol. The van der Waals surface area contributed by atoms with Gasteiger partial charge in [-0.05, 0) is 25.8 Å². The molecule has 0 aliphatic carbocycles. The number of hydrogen-bond donors (Lipinski definition) is 2. The molecule has 102 valence electrons. The summed E-state index contributed by atoms with van der Waals surface area (Å²) in [6.45, 7) is 0.242. The lowest BCUT2D eigenvalue weighted by atomic mass is 10.0. The van der Waals surface area contributed by atoms with Gasteiger partial charge in [-0.2, -0.15) is 0 Å². The van der Waals surface area contributed by atoms with Crippen molar-refractivity contribution in [1.82, 2.24) is 0 Å². The van der Waals surface area contributed by atoms with E-state index in [4.69, 9.17) is 26.7 Å². The van der Waals surface area contributed by atoms with Crippen molar-refractivity contribution in [2.24, 2.45) is 0 Å². The summed E-state index contributed by atoms with van der Waals surface area (Å²) in [6, 6.07) is 0. The molecule has 3 unspecified atom stereocenters. The van der Waals surface area contributed by atoms with Crippen molar-refractivity contribution in [3.8, 4) is 0 Å². The summed E-state index contributed by atoms with van der Waals surface area (Å²) in [5, 5.41) is 0. The van der Waals surface area contributed by atoms with E-state index >= 15 is 0 Å². The zero-order valence-corrected chi connectivity index (χ0v) is 13.9. The minimum Gasteiger partial charge on any atom is -0.357 e. The summed E-state index contributed by atoms with van der Waals surface area (Å²) in [5.41, 5.74) is 0. The minimum absolute atomic E-state index is 0.242. The average Bonchev–Trinajstić information content (AvgIpc) is 2.52. The first-order valence-corrected chi connectivity index (χ1v) is 6.66. The molecule has 0 spiro atoms. The highest BCUT2D eigenvalue weighted by Gasteiger charge is 2.45. The summed E-state index contributed by atoms with van der Waals surface area (Å²) in [7, 11) is 6.47. The molecular formula is C6H15O6P3S2. The van der Waals surface area contributed by atoms with E-state index in [9.17, 15) is 0 Å². The van der Waals surface area contributed by atoms with Crippen molar-refractivity contribution in [3.63, 3.8) is 0 Å². The van der Waals surface area contributed by atoms with Gasteiger partial charge in [0.2, 0.25) is 0 Å². The van der Waals surface area contributed by atoms with E-state index in [0.717, 1.165) is 0 Å². The van der Waals surface area contributed by atoms with Crippen LogP contribution in [0.2, 0.25) is 0 Å². The molecule has 1 aliphatic heterocycles. The van der Waals surface area contributed by atoms with Crippen LogP contribution in [0, 0.1) is 0 Å². The Hall–Kier alpha value is 1.75. The predicted octanol–water partition coefficient (Wildman–Crippen LogP) is 0.960. The van der Waals surface area contributed by atoms with Gasteiger partial charge in [0.1, 0.15) is 18.3 Å². The fraction of sp³-hybridized carbons (Fsp3) is 1.00. The number of rotatable bonds is 5. The first kappa shape index (κ1) is 16.8. The monoisotopic (exact) mass is 340 g/mol. The molecule has 1 heterocycles. The molecule has 0 saturated carbocycles. The van der Waals surface area contributed by atoms with E-state index in [1.54, 1.807) is 0 Å². The standard InChI is InChI=1S/C6H15O6P3S2/c13-8-2-1-7-6(12-17)5(11-16)4(10-15)3(2)9-14/h2-6,16-17H,1,13-15H2/t2-,3+,4-,5+,6+/m0/s1. The minimum atomic E-state index is -0.741. The summed E-state index contributed by atoms with van der Waals surface area (Å²) < 4.78 is 31.0. The van der Waals surface area contributed by atoms with Crippen molar-refractivity contribution >= 4 is 54.2 Å². The largest absolute Gasteiger partial charge is 0.357 e. The van der Waals surface area contributed by atoms with Gasteiger partial charge in [0.25, 0.3) is 0 Å². The third kappa shape index (κ3) is 4.11. The highest BCUT2D eigenvalue weighted by molar-refractivity contribution is 7.75. The third-order valence-corrected chi connectivity index (χ3v) is 3.85. The quantitative estimate of drug-likeness (QED) is 0.442. The molecule has 1 aliphatic rings. The van der Waals surface area contributed by atoms with Crippen molar-refractivity contribution in [3.05, 3.63) is 0 Å². The van der Waals surface area contributed by atoms with Crippen molar-refractivity contribution < 1.29 is 26.7 Å². The molecule has 6 nitrogen and oxygen atoms in total. The summed E-state index contributed by atoms with van der Waals surface area (Å²) in [6.07, 6.45) is -2.67. The van der Waals surface area contributed by atoms with E-state index in [0.29, 0.717) is 0 Å². The second kappa shape index (κ2) is 8.83. The molecule has 17 heavy (non-hydrogen) atoms. The maximum atomic E-state index is 5.43. The topological polar surface area (TPSA) is 55.4 Å². The smallest absolute Gasteiger partial charge is 0.200 e. The first-order chi connectivity index (χ1) is 8.23. The molecule has 1 fully saturated rings. The molecule has 0 radical (unpaired) electrons. The van der Waals surface area contributed by atoms with E-state index in [2.05, 4.69) is 54.2 Å². The van der Waals surface area contributed by atoms with Gasteiger partial charge < -0.3 is 22.5 Å². The Balaban J connectivity index is 2.92. The Bertz CT molecular complexity index is 208. The van der Waals surface area contributed by atoms with Gasteiger partial charge in [-0.15, -0.1) is 0 Å². The Kier molecular flexibility index (Phi) is 8.73. The lowest BCUT2D eigenvalue weighted by Gasteiger charge is -2.31. The third-order valence-electron chi connectivity index (χ3n) is 2.42. The zero-order chi connectivity index (χ0) is 12.8. The van der Waals surface area contributed by atoms with Gasteiger partial charge in [-0.3, -0.25) is 4.18 Å². The van der Waals surface area contributed by atoms with Crippen LogP contribution in [-0.2, 0) is 26.7 Å². The molecule has 0 aromatic rings. The normalized spacial score (nSPS) is 39.0. The molecule has 0 aromatic carbocycles. The lowest BCUT2D eigenvalue weighted by Crippen LogP contribution is -2.47. The molecule has 0 N–H and O–H groups in total. The van der Waals surface area contributed by atoms with Gasteiger partial charge >= 0.3 is 0 Å². The van der Waals surface area contributed by atoms with Crippen LogP contribution in [0.3, 0.4) is 0 Å². The van der Waals surface area contributed by atoms with E-state index in [1.807, 2.05) is 0 Å². The number of thiol groups is 2. The fourth-order valence-corrected chi connectivity index (χ4v) is 2.84. The number of hydrogen-bond acceptors (Lipinski definition) is 8.